The Labute approximate surface area is 144 Å². The van der Waals surface area contributed by atoms with Crippen LogP contribution in [0.2, 0.25) is 5.02 Å². The molecule has 2 N–H and O–H groups in total. The SMILES string of the molecule is CCCOc1ccc(CC(CN)c2cc(C)ccc2C)cc1Cl. The summed E-state index contributed by atoms with van der Waals surface area (Å²) in [6.45, 7) is 7.65. The van der Waals surface area contributed by atoms with Gasteiger partial charge in [0.25, 0.3) is 0 Å². The zero-order valence-electron chi connectivity index (χ0n) is 14.2. The maximum atomic E-state index is 6.34. The van der Waals surface area contributed by atoms with E-state index in [0.717, 1.165) is 18.6 Å². The predicted molar refractivity (Wildman–Crippen MR) is 98.7 cm³/mol. The molecule has 3 heteroatoms. The first kappa shape index (κ1) is 17.8. The first-order valence-electron chi connectivity index (χ1n) is 8.23. The summed E-state index contributed by atoms with van der Waals surface area (Å²) in [6, 6.07) is 12.6. The van der Waals surface area contributed by atoms with Crippen LogP contribution >= 0.6 is 11.6 Å². The third-order valence-electron chi connectivity index (χ3n) is 4.10. The number of nitrogens with two attached hydrogens (primary N) is 1. The highest BCUT2D eigenvalue weighted by molar-refractivity contribution is 6.32. The molecule has 2 aromatic carbocycles. The van der Waals surface area contributed by atoms with E-state index in [-0.39, 0.29) is 0 Å². The smallest absolute Gasteiger partial charge is 0.137 e. The van der Waals surface area contributed by atoms with Gasteiger partial charge >= 0.3 is 0 Å². The first-order chi connectivity index (χ1) is 11.0. The third kappa shape index (κ3) is 4.73. The van der Waals surface area contributed by atoms with Gasteiger partial charge in [-0.25, -0.2) is 0 Å². The zero-order chi connectivity index (χ0) is 16.8. The van der Waals surface area contributed by atoms with Crippen LogP contribution in [0.4, 0.5) is 0 Å². The summed E-state index contributed by atoms with van der Waals surface area (Å²) in [5.41, 5.74) is 11.1. The zero-order valence-corrected chi connectivity index (χ0v) is 15.0. The van der Waals surface area contributed by atoms with Crippen molar-refractivity contribution in [3.05, 3.63) is 63.7 Å². The van der Waals surface area contributed by atoms with Crippen molar-refractivity contribution in [2.75, 3.05) is 13.2 Å². The van der Waals surface area contributed by atoms with Gasteiger partial charge in [-0.1, -0.05) is 48.4 Å². The molecule has 0 saturated heterocycles. The largest absolute Gasteiger partial charge is 0.492 e. The summed E-state index contributed by atoms with van der Waals surface area (Å²) in [4.78, 5) is 0. The quantitative estimate of drug-likeness (QED) is 0.772. The van der Waals surface area contributed by atoms with Crippen LogP contribution < -0.4 is 10.5 Å². The molecule has 124 valence electrons. The molecule has 0 fully saturated rings. The Hall–Kier alpha value is -1.51. The maximum absolute atomic E-state index is 6.34. The number of benzene rings is 2. The molecule has 0 aliphatic heterocycles. The minimum Gasteiger partial charge on any atom is -0.492 e. The molecule has 0 heterocycles. The average molecular weight is 332 g/mol. The summed E-state index contributed by atoms with van der Waals surface area (Å²) >= 11 is 6.34. The number of halogens is 1. The Bertz CT molecular complexity index is 654. The van der Waals surface area contributed by atoms with Gasteiger partial charge in [-0.3, -0.25) is 0 Å². The van der Waals surface area contributed by atoms with Crippen molar-refractivity contribution in [2.45, 2.75) is 39.5 Å². The molecule has 0 aliphatic carbocycles. The summed E-state index contributed by atoms with van der Waals surface area (Å²) in [7, 11) is 0. The Balaban J connectivity index is 2.18. The lowest BCUT2D eigenvalue weighted by Gasteiger charge is -2.19. The van der Waals surface area contributed by atoms with Crippen LogP contribution in [-0.2, 0) is 6.42 Å². The fraction of sp³-hybridized carbons (Fsp3) is 0.400. The second kappa shape index (κ2) is 8.37. The van der Waals surface area contributed by atoms with Gasteiger partial charge in [0.2, 0.25) is 0 Å². The number of aryl methyl sites for hydroxylation is 2. The second-order valence-corrected chi connectivity index (χ2v) is 6.52. The lowest BCUT2D eigenvalue weighted by molar-refractivity contribution is 0.317. The van der Waals surface area contributed by atoms with Crippen molar-refractivity contribution < 1.29 is 4.74 Å². The van der Waals surface area contributed by atoms with Crippen molar-refractivity contribution in [2.24, 2.45) is 5.73 Å². The van der Waals surface area contributed by atoms with Crippen LogP contribution in [-0.4, -0.2) is 13.2 Å². The molecule has 0 spiro atoms. The van der Waals surface area contributed by atoms with E-state index in [2.05, 4.69) is 45.0 Å². The van der Waals surface area contributed by atoms with Crippen LogP contribution in [0.1, 0.15) is 41.5 Å². The Morgan fingerprint density at radius 1 is 1.13 bits per heavy atom. The van der Waals surface area contributed by atoms with Gasteiger partial charge in [0.1, 0.15) is 5.75 Å². The molecule has 1 atom stereocenters. The molecule has 2 aromatic rings. The monoisotopic (exact) mass is 331 g/mol. The Morgan fingerprint density at radius 2 is 1.91 bits per heavy atom. The van der Waals surface area contributed by atoms with Crippen LogP contribution in [0, 0.1) is 13.8 Å². The standard InChI is InChI=1S/C20H26ClNO/c1-4-9-23-20-8-7-16(12-19(20)21)11-17(13-22)18-10-14(2)5-6-15(18)3/h5-8,10,12,17H,4,9,11,13,22H2,1-3H3. The molecule has 0 amide bonds. The van der Waals surface area contributed by atoms with Crippen molar-refractivity contribution in [1.82, 2.24) is 0 Å². The molecule has 0 bridgehead atoms. The highest BCUT2D eigenvalue weighted by Crippen LogP contribution is 2.29. The normalized spacial score (nSPS) is 12.2. The van der Waals surface area contributed by atoms with Crippen LogP contribution in [0.3, 0.4) is 0 Å². The summed E-state index contributed by atoms with van der Waals surface area (Å²) in [6.07, 6.45) is 1.86. The molecule has 2 rings (SSSR count). The van der Waals surface area contributed by atoms with E-state index in [1.54, 1.807) is 0 Å². The minimum atomic E-state index is 0.299. The molecular weight excluding hydrogens is 306 g/mol. The highest BCUT2D eigenvalue weighted by Gasteiger charge is 2.14. The summed E-state index contributed by atoms with van der Waals surface area (Å²) < 4.78 is 5.64. The molecular formula is C20H26ClNO. The van der Waals surface area contributed by atoms with Crippen LogP contribution in [0.5, 0.6) is 5.75 Å². The van der Waals surface area contributed by atoms with Gasteiger partial charge in [-0.05, 0) is 62.1 Å². The van der Waals surface area contributed by atoms with Gasteiger partial charge in [0.05, 0.1) is 11.6 Å². The van der Waals surface area contributed by atoms with Crippen molar-refractivity contribution in [1.29, 1.82) is 0 Å². The van der Waals surface area contributed by atoms with E-state index in [1.807, 2.05) is 12.1 Å². The fourth-order valence-corrected chi connectivity index (χ4v) is 3.06. The summed E-state index contributed by atoms with van der Waals surface area (Å²) in [5.74, 6) is 1.06. The van der Waals surface area contributed by atoms with Crippen LogP contribution in [0.25, 0.3) is 0 Å². The topological polar surface area (TPSA) is 35.2 Å². The minimum absolute atomic E-state index is 0.299. The van der Waals surface area contributed by atoms with Crippen molar-refractivity contribution >= 4 is 11.6 Å². The number of hydrogen-bond acceptors (Lipinski definition) is 2. The van der Waals surface area contributed by atoms with Gasteiger partial charge < -0.3 is 10.5 Å². The second-order valence-electron chi connectivity index (χ2n) is 6.11. The summed E-state index contributed by atoms with van der Waals surface area (Å²) in [5, 5.41) is 0.674. The molecule has 0 saturated carbocycles. The van der Waals surface area contributed by atoms with E-state index in [9.17, 15) is 0 Å². The molecule has 23 heavy (non-hydrogen) atoms. The van der Waals surface area contributed by atoms with Gasteiger partial charge in [-0.2, -0.15) is 0 Å². The fourth-order valence-electron chi connectivity index (χ4n) is 2.80. The van der Waals surface area contributed by atoms with E-state index < -0.39 is 0 Å². The molecule has 1 unspecified atom stereocenters. The predicted octanol–water partition coefficient (Wildman–Crippen LogP) is 5.03. The third-order valence-corrected chi connectivity index (χ3v) is 4.39. The number of rotatable bonds is 7. The van der Waals surface area contributed by atoms with E-state index in [4.69, 9.17) is 22.1 Å². The van der Waals surface area contributed by atoms with E-state index in [0.29, 0.717) is 24.1 Å². The van der Waals surface area contributed by atoms with Gasteiger partial charge in [0, 0.05) is 5.92 Å². The van der Waals surface area contributed by atoms with Crippen molar-refractivity contribution in [3.8, 4) is 5.75 Å². The first-order valence-corrected chi connectivity index (χ1v) is 8.61. The molecule has 0 radical (unpaired) electrons. The lowest BCUT2D eigenvalue weighted by atomic mass is 9.88. The Kier molecular flexibility index (Phi) is 6.49. The molecule has 2 nitrogen and oxygen atoms in total. The van der Waals surface area contributed by atoms with Crippen molar-refractivity contribution in [3.63, 3.8) is 0 Å². The van der Waals surface area contributed by atoms with Gasteiger partial charge in [0.15, 0.2) is 0 Å². The molecule has 0 aliphatic rings. The van der Waals surface area contributed by atoms with E-state index >= 15 is 0 Å². The number of ether oxygens (including phenoxy) is 1. The highest BCUT2D eigenvalue weighted by atomic mass is 35.5. The Morgan fingerprint density at radius 3 is 2.57 bits per heavy atom. The lowest BCUT2D eigenvalue weighted by Crippen LogP contribution is -2.16. The van der Waals surface area contributed by atoms with Gasteiger partial charge in [-0.15, -0.1) is 0 Å². The molecule has 0 aromatic heterocycles. The van der Waals surface area contributed by atoms with E-state index in [1.165, 1.54) is 22.3 Å². The number of hydrogen-bond donors (Lipinski definition) is 1. The maximum Gasteiger partial charge on any atom is 0.137 e. The average Bonchev–Trinajstić information content (AvgIpc) is 2.54. The van der Waals surface area contributed by atoms with Crippen LogP contribution in [0.15, 0.2) is 36.4 Å².